The lowest BCUT2D eigenvalue weighted by atomic mass is 9.53. The standard InChI is InChI=1S/C32H43N3O6/c1-20(35-28-18-27(37-2)17-23-7-5-10-33-29(23)28)6-4-11-34-30(36)38-26-8-3-9-31(19-26)39-32(41-40-31)24-13-21-12-22(15-24)16-25(32)14-21/h5,7,10,17-18,20-22,24-26,35H,3-4,6,8-9,11-16,19H2,1-2H3,(H,34,36). The molecule has 9 heteroatoms. The molecule has 2 heterocycles. The van der Waals surface area contributed by atoms with Gasteiger partial charge in [0.1, 0.15) is 11.9 Å². The summed E-state index contributed by atoms with van der Waals surface area (Å²) in [5.41, 5.74) is 1.86. The smallest absolute Gasteiger partial charge is 0.407 e. The third-order valence-electron chi connectivity index (χ3n) is 10.2. The predicted octanol–water partition coefficient (Wildman–Crippen LogP) is 6.32. The van der Waals surface area contributed by atoms with Gasteiger partial charge < -0.3 is 24.8 Å². The molecular weight excluding hydrogens is 522 g/mol. The van der Waals surface area contributed by atoms with Crippen molar-refractivity contribution in [3.05, 3.63) is 30.5 Å². The zero-order valence-electron chi connectivity index (χ0n) is 24.2. The van der Waals surface area contributed by atoms with E-state index in [-0.39, 0.29) is 18.2 Å². The van der Waals surface area contributed by atoms with E-state index in [9.17, 15) is 4.79 Å². The Kier molecular flexibility index (Phi) is 7.24. The average Bonchev–Trinajstić information content (AvgIpc) is 3.32. The van der Waals surface area contributed by atoms with Crippen LogP contribution in [0, 0.1) is 23.7 Å². The molecule has 5 saturated carbocycles. The average molecular weight is 566 g/mol. The number of aromatic nitrogens is 1. The summed E-state index contributed by atoms with van der Waals surface area (Å²) in [6.07, 6.45) is 12.0. The highest BCUT2D eigenvalue weighted by Crippen LogP contribution is 2.63. The monoisotopic (exact) mass is 565 g/mol. The van der Waals surface area contributed by atoms with E-state index in [0.29, 0.717) is 24.8 Å². The molecule has 9 nitrogen and oxygen atoms in total. The van der Waals surface area contributed by atoms with E-state index in [1.165, 1.54) is 32.1 Å². The van der Waals surface area contributed by atoms with Crippen LogP contribution in [0.25, 0.3) is 10.9 Å². The third kappa shape index (κ3) is 5.25. The third-order valence-corrected chi connectivity index (χ3v) is 10.2. The number of rotatable bonds is 8. The molecule has 41 heavy (non-hydrogen) atoms. The SMILES string of the molecule is COc1cc(NC(C)CCCNC(=O)OC2CCCC3(C2)OOC2(O3)C3CC4CC(C3)CC2C4)c2ncccc2c1. The van der Waals surface area contributed by atoms with Crippen LogP contribution in [0.5, 0.6) is 5.75 Å². The van der Waals surface area contributed by atoms with E-state index >= 15 is 0 Å². The van der Waals surface area contributed by atoms with Crippen molar-refractivity contribution in [1.29, 1.82) is 0 Å². The lowest BCUT2D eigenvalue weighted by Crippen LogP contribution is -2.59. The summed E-state index contributed by atoms with van der Waals surface area (Å²) < 4.78 is 18.1. The van der Waals surface area contributed by atoms with E-state index in [1.807, 2.05) is 24.3 Å². The summed E-state index contributed by atoms with van der Waals surface area (Å²) in [4.78, 5) is 29.4. The fraction of sp³-hybridized carbons (Fsp3) is 0.688. The maximum Gasteiger partial charge on any atom is 0.407 e. The van der Waals surface area contributed by atoms with Gasteiger partial charge in [0.2, 0.25) is 11.6 Å². The van der Waals surface area contributed by atoms with Crippen LogP contribution in [0.4, 0.5) is 10.5 Å². The number of benzene rings is 1. The summed E-state index contributed by atoms with van der Waals surface area (Å²) in [7, 11) is 1.67. The number of ether oxygens (including phenoxy) is 3. The minimum absolute atomic E-state index is 0.192. The molecule has 1 aromatic heterocycles. The molecule has 3 unspecified atom stereocenters. The number of pyridine rings is 1. The number of carbonyl (C=O) groups is 1. The summed E-state index contributed by atoms with van der Waals surface area (Å²) in [5.74, 6) is 1.93. The van der Waals surface area contributed by atoms with Crippen molar-refractivity contribution in [3.63, 3.8) is 0 Å². The van der Waals surface area contributed by atoms with Crippen LogP contribution in [0.1, 0.15) is 77.6 Å². The molecular formula is C32H43N3O6. The second-order valence-corrected chi connectivity index (χ2v) is 13.2. The Morgan fingerprint density at radius 3 is 2.73 bits per heavy atom. The second kappa shape index (κ2) is 10.9. The molecule has 222 valence electrons. The maximum absolute atomic E-state index is 12.7. The van der Waals surface area contributed by atoms with Crippen LogP contribution < -0.4 is 15.4 Å². The van der Waals surface area contributed by atoms with Gasteiger partial charge in [0.05, 0.1) is 18.3 Å². The van der Waals surface area contributed by atoms with Gasteiger partial charge in [0.15, 0.2) is 0 Å². The molecule has 1 aromatic carbocycles. The molecule has 4 bridgehead atoms. The quantitative estimate of drug-likeness (QED) is 0.283. The largest absolute Gasteiger partial charge is 0.497 e. The number of alkyl carbamates (subject to hydrolysis) is 1. The van der Waals surface area contributed by atoms with Crippen LogP contribution in [0.3, 0.4) is 0 Å². The number of fused-ring (bicyclic) bond motifs is 1. The fourth-order valence-corrected chi connectivity index (χ4v) is 8.55. The maximum atomic E-state index is 12.7. The molecule has 5 aliphatic carbocycles. The summed E-state index contributed by atoms with van der Waals surface area (Å²) in [5, 5.41) is 7.53. The first-order valence-corrected chi connectivity index (χ1v) is 15.6. The summed E-state index contributed by atoms with van der Waals surface area (Å²) >= 11 is 0. The fourth-order valence-electron chi connectivity index (χ4n) is 8.55. The van der Waals surface area contributed by atoms with Crippen molar-refractivity contribution >= 4 is 22.7 Å². The topological polar surface area (TPSA) is 100 Å². The second-order valence-electron chi connectivity index (χ2n) is 13.2. The molecule has 6 fully saturated rings. The molecule has 3 atom stereocenters. The van der Waals surface area contributed by atoms with Crippen LogP contribution in [-0.4, -0.2) is 48.5 Å². The Morgan fingerprint density at radius 2 is 1.95 bits per heavy atom. The van der Waals surface area contributed by atoms with Crippen molar-refractivity contribution in [1.82, 2.24) is 10.3 Å². The number of anilines is 1. The van der Waals surface area contributed by atoms with Gasteiger partial charge >= 0.3 is 6.09 Å². The van der Waals surface area contributed by atoms with E-state index < -0.39 is 11.6 Å². The van der Waals surface area contributed by atoms with E-state index in [4.69, 9.17) is 24.0 Å². The number of hydrogen-bond acceptors (Lipinski definition) is 8. The van der Waals surface area contributed by atoms with Crippen molar-refractivity contribution in [2.45, 2.75) is 101 Å². The van der Waals surface area contributed by atoms with Gasteiger partial charge in [-0.05, 0) is 88.7 Å². The van der Waals surface area contributed by atoms with Gasteiger partial charge in [0, 0.05) is 54.9 Å². The van der Waals surface area contributed by atoms with Crippen LogP contribution in [0.2, 0.25) is 0 Å². The molecule has 2 N–H and O–H groups in total. The lowest BCUT2D eigenvalue weighted by molar-refractivity contribution is -0.390. The van der Waals surface area contributed by atoms with Gasteiger partial charge in [-0.15, -0.1) is 0 Å². The molecule has 6 aliphatic rings. The van der Waals surface area contributed by atoms with Gasteiger partial charge in [-0.3, -0.25) is 4.98 Å². The van der Waals surface area contributed by atoms with E-state index in [0.717, 1.165) is 66.3 Å². The number of methoxy groups -OCH3 is 1. The molecule has 1 saturated heterocycles. The number of hydrogen-bond donors (Lipinski definition) is 2. The molecule has 1 amide bonds. The first kappa shape index (κ1) is 27.2. The predicted molar refractivity (Wildman–Crippen MR) is 153 cm³/mol. The Morgan fingerprint density at radius 1 is 1.15 bits per heavy atom. The van der Waals surface area contributed by atoms with Crippen molar-refractivity contribution in [2.24, 2.45) is 23.7 Å². The highest BCUT2D eigenvalue weighted by Gasteiger charge is 2.67. The first-order chi connectivity index (χ1) is 19.9. The Bertz CT molecular complexity index is 1240. The van der Waals surface area contributed by atoms with Crippen LogP contribution in [-0.2, 0) is 19.2 Å². The molecule has 0 radical (unpaired) electrons. The normalized spacial score (nSPS) is 36.1. The van der Waals surface area contributed by atoms with Gasteiger partial charge in [0.25, 0.3) is 0 Å². The molecule has 1 aliphatic heterocycles. The Hall–Kier alpha value is -2.62. The van der Waals surface area contributed by atoms with Crippen molar-refractivity contribution < 1.29 is 28.8 Å². The molecule has 2 aromatic rings. The first-order valence-electron chi connectivity index (χ1n) is 15.6. The highest BCUT2D eigenvalue weighted by atomic mass is 17.3. The zero-order chi connectivity index (χ0) is 28.0. The Labute approximate surface area is 241 Å². The van der Waals surface area contributed by atoms with Gasteiger partial charge in [-0.1, -0.05) is 6.07 Å². The number of carbonyl (C=O) groups excluding carboxylic acids is 1. The molecule has 8 rings (SSSR count). The number of nitrogens with zero attached hydrogens (tertiary/aromatic N) is 1. The van der Waals surface area contributed by atoms with Gasteiger partial charge in [-0.25, -0.2) is 4.79 Å². The minimum Gasteiger partial charge on any atom is -0.497 e. The number of nitrogens with one attached hydrogen (secondary N) is 2. The summed E-state index contributed by atoms with van der Waals surface area (Å²) in [6.45, 7) is 2.68. The minimum atomic E-state index is -0.793. The zero-order valence-corrected chi connectivity index (χ0v) is 24.2. The van der Waals surface area contributed by atoms with E-state index in [2.05, 4.69) is 22.5 Å². The lowest BCUT2D eigenvalue weighted by Gasteiger charge is -2.57. The van der Waals surface area contributed by atoms with Crippen LogP contribution >= 0.6 is 0 Å². The Balaban J connectivity index is 0.871. The number of amides is 1. The van der Waals surface area contributed by atoms with E-state index in [1.54, 1.807) is 13.3 Å². The van der Waals surface area contributed by atoms with Crippen molar-refractivity contribution in [3.8, 4) is 5.75 Å². The van der Waals surface area contributed by atoms with Gasteiger partial charge in [-0.2, -0.15) is 9.78 Å². The van der Waals surface area contributed by atoms with Crippen molar-refractivity contribution in [2.75, 3.05) is 19.0 Å². The highest BCUT2D eigenvalue weighted by molar-refractivity contribution is 5.91. The summed E-state index contributed by atoms with van der Waals surface area (Å²) in [6, 6.07) is 8.11. The van der Waals surface area contributed by atoms with Crippen LogP contribution in [0.15, 0.2) is 30.5 Å². The molecule has 2 spiro atoms.